The Morgan fingerprint density at radius 1 is 0.938 bits per heavy atom. The van der Waals surface area contributed by atoms with Crippen LogP contribution in [0, 0.1) is 0 Å². The first-order valence-electron chi connectivity index (χ1n) is 17.5. The van der Waals surface area contributed by atoms with Gasteiger partial charge in [-0.3, -0.25) is 10.2 Å². The van der Waals surface area contributed by atoms with Gasteiger partial charge >= 0.3 is 6.18 Å². The minimum atomic E-state index is -4.50. The third-order valence-corrected chi connectivity index (χ3v) is 10.5. The van der Waals surface area contributed by atoms with E-state index in [1.54, 1.807) is 6.07 Å². The molecule has 2 aliphatic heterocycles. The lowest BCUT2D eigenvalue weighted by Crippen LogP contribution is -2.46. The summed E-state index contributed by atoms with van der Waals surface area (Å²) < 4.78 is 48.1. The highest BCUT2D eigenvalue weighted by Gasteiger charge is 2.46. The summed E-state index contributed by atoms with van der Waals surface area (Å²) >= 11 is 0. The lowest BCUT2D eigenvalue weighted by atomic mass is 9.92. The Balaban J connectivity index is 1.34. The van der Waals surface area contributed by atoms with Crippen LogP contribution < -0.4 is 10.1 Å². The number of fused-ring (bicyclic) bond motifs is 1. The fourth-order valence-electron chi connectivity index (χ4n) is 7.83. The van der Waals surface area contributed by atoms with Crippen molar-refractivity contribution in [2.75, 3.05) is 32.8 Å². The quantitative estimate of drug-likeness (QED) is 0.168. The Hall–Kier alpha value is -3.50. The molecule has 3 heterocycles. The molecule has 9 heteroatoms. The number of halogens is 3. The zero-order valence-corrected chi connectivity index (χ0v) is 27.6. The average Bonchev–Trinajstić information content (AvgIpc) is 3.89. The third kappa shape index (κ3) is 6.83. The van der Waals surface area contributed by atoms with Gasteiger partial charge in [0.25, 0.3) is 0 Å². The van der Waals surface area contributed by atoms with Crippen molar-refractivity contribution in [3.63, 3.8) is 0 Å². The lowest BCUT2D eigenvalue weighted by Gasteiger charge is -2.40. The minimum absolute atomic E-state index is 0.369. The standard InChI is InChI=1S/C39H45F3N4O2/c1-2-48-33-16-10-15-31-34(37(47)44-38(19-20-38)28-12-5-3-6-13-28)32(26-45-23-17-30(18-24-45)46-21-7-4-8-22-46)35(43-36(31)33)27-11-9-14-29(25-27)39(40,41)42/h3,5-6,9-16,25,30,37,44,47H,2,4,7-8,17-24,26H2,1H3. The number of piperidine rings is 2. The summed E-state index contributed by atoms with van der Waals surface area (Å²) in [7, 11) is 0. The zero-order chi connectivity index (χ0) is 33.3. The molecule has 254 valence electrons. The minimum Gasteiger partial charge on any atom is -0.492 e. The summed E-state index contributed by atoms with van der Waals surface area (Å²) in [6.07, 6.45) is 2.06. The summed E-state index contributed by atoms with van der Waals surface area (Å²) in [4.78, 5) is 10.1. The number of pyridine rings is 1. The van der Waals surface area contributed by atoms with Gasteiger partial charge in [0.15, 0.2) is 0 Å². The molecule has 2 saturated heterocycles. The van der Waals surface area contributed by atoms with E-state index < -0.39 is 18.0 Å². The number of likely N-dealkylation sites (tertiary alicyclic amines) is 2. The molecule has 2 N–H and O–H groups in total. The van der Waals surface area contributed by atoms with Crippen LogP contribution in [0.4, 0.5) is 13.2 Å². The summed E-state index contributed by atoms with van der Waals surface area (Å²) in [5.41, 5.74) is 2.73. The molecule has 7 rings (SSSR count). The molecule has 1 aliphatic carbocycles. The highest BCUT2D eigenvalue weighted by Crippen LogP contribution is 2.48. The predicted molar refractivity (Wildman–Crippen MR) is 183 cm³/mol. The zero-order valence-electron chi connectivity index (χ0n) is 27.6. The second kappa shape index (κ2) is 13.8. The van der Waals surface area contributed by atoms with Gasteiger partial charge in [0.2, 0.25) is 0 Å². The molecule has 1 unspecified atom stereocenters. The lowest BCUT2D eigenvalue weighted by molar-refractivity contribution is -0.137. The molecule has 0 radical (unpaired) electrons. The normalized spacial score (nSPS) is 19.8. The molecule has 48 heavy (non-hydrogen) atoms. The molecule has 0 amide bonds. The number of nitrogens with one attached hydrogen (secondary N) is 1. The molecule has 6 nitrogen and oxygen atoms in total. The van der Waals surface area contributed by atoms with E-state index in [9.17, 15) is 18.3 Å². The van der Waals surface area contributed by atoms with Gasteiger partial charge in [0, 0.05) is 40.2 Å². The highest BCUT2D eigenvalue weighted by molar-refractivity contribution is 5.92. The Morgan fingerprint density at radius 3 is 2.35 bits per heavy atom. The van der Waals surface area contributed by atoms with E-state index in [0.29, 0.717) is 47.3 Å². The van der Waals surface area contributed by atoms with E-state index in [4.69, 9.17) is 9.72 Å². The number of aliphatic hydroxyl groups excluding tert-OH is 1. The SMILES string of the molecule is CCOc1cccc2c(C(O)NC3(c4ccccc4)CC3)c(CN3CCC(N4CCCCC4)CC3)c(-c3cccc(C(F)(F)F)c3)nc12. The molecule has 1 aromatic heterocycles. The molecule has 3 fully saturated rings. The number of hydrogen-bond donors (Lipinski definition) is 2. The highest BCUT2D eigenvalue weighted by atomic mass is 19.4. The van der Waals surface area contributed by atoms with Gasteiger partial charge in [0.05, 0.1) is 17.9 Å². The second-order valence-corrected chi connectivity index (χ2v) is 13.6. The number of rotatable bonds is 10. The Bertz CT molecular complexity index is 1710. The molecule has 0 spiro atoms. The maximum Gasteiger partial charge on any atom is 0.416 e. The molecule has 3 aliphatic rings. The summed E-state index contributed by atoms with van der Waals surface area (Å²) in [6.45, 7) is 6.82. The Labute approximate surface area is 280 Å². The fraction of sp³-hybridized carbons (Fsp3) is 0.462. The van der Waals surface area contributed by atoms with Crippen LogP contribution in [0.1, 0.15) is 80.4 Å². The van der Waals surface area contributed by atoms with Gasteiger partial charge in [-0.15, -0.1) is 0 Å². The van der Waals surface area contributed by atoms with Crippen LogP contribution in [0.15, 0.2) is 72.8 Å². The van der Waals surface area contributed by atoms with E-state index in [-0.39, 0.29) is 5.54 Å². The van der Waals surface area contributed by atoms with Crippen LogP contribution in [-0.2, 0) is 18.3 Å². The van der Waals surface area contributed by atoms with Crippen molar-refractivity contribution < 1.29 is 23.0 Å². The van der Waals surface area contributed by atoms with E-state index >= 15 is 0 Å². The van der Waals surface area contributed by atoms with Crippen LogP contribution in [0.3, 0.4) is 0 Å². The maximum absolute atomic E-state index is 14.0. The maximum atomic E-state index is 14.0. The molecular formula is C39H45F3N4O2. The van der Waals surface area contributed by atoms with Crippen LogP contribution in [-0.4, -0.2) is 58.7 Å². The largest absolute Gasteiger partial charge is 0.492 e. The predicted octanol–water partition coefficient (Wildman–Crippen LogP) is 8.04. The fourth-order valence-corrected chi connectivity index (χ4v) is 7.83. The van der Waals surface area contributed by atoms with E-state index in [0.717, 1.165) is 74.4 Å². The van der Waals surface area contributed by atoms with Crippen LogP contribution in [0.2, 0.25) is 0 Å². The topological polar surface area (TPSA) is 60.9 Å². The number of alkyl halides is 3. The first kappa shape index (κ1) is 33.0. The number of hydrogen-bond acceptors (Lipinski definition) is 6. The number of nitrogens with zero attached hydrogens (tertiary/aromatic N) is 3. The van der Waals surface area contributed by atoms with Crippen LogP contribution >= 0.6 is 0 Å². The first-order valence-corrected chi connectivity index (χ1v) is 17.5. The van der Waals surface area contributed by atoms with Crippen LogP contribution in [0.25, 0.3) is 22.2 Å². The summed E-state index contributed by atoms with van der Waals surface area (Å²) in [6, 6.07) is 21.8. The smallest absolute Gasteiger partial charge is 0.416 e. The number of aromatic nitrogens is 1. The van der Waals surface area contributed by atoms with Crippen molar-refractivity contribution in [1.29, 1.82) is 0 Å². The first-order chi connectivity index (χ1) is 23.3. The Kier molecular flexibility index (Phi) is 9.48. The van der Waals surface area contributed by atoms with Crippen molar-refractivity contribution in [3.05, 3.63) is 95.1 Å². The van der Waals surface area contributed by atoms with Gasteiger partial charge in [-0.05, 0) is 95.4 Å². The van der Waals surface area contributed by atoms with Gasteiger partial charge in [0.1, 0.15) is 17.5 Å². The molecule has 4 aromatic rings. The second-order valence-electron chi connectivity index (χ2n) is 13.6. The van der Waals surface area contributed by atoms with Crippen molar-refractivity contribution in [3.8, 4) is 17.0 Å². The number of ether oxygens (including phenoxy) is 1. The van der Waals surface area contributed by atoms with Crippen LogP contribution in [0.5, 0.6) is 5.75 Å². The van der Waals surface area contributed by atoms with Gasteiger partial charge < -0.3 is 14.7 Å². The van der Waals surface area contributed by atoms with Crippen molar-refractivity contribution in [2.24, 2.45) is 0 Å². The average molecular weight is 659 g/mol. The molecule has 3 aromatic carbocycles. The van der Waals surface area contributed by atoms with Crippen molar-refractivity contribution in [1.82, 2.24) is 20.1 Å². The molecule has 1 saturated carbocycles. The molecular weight excluding hydrogens is 613 g/mol. The van der Waals surface area contributed by atoms with Crippen molar-refractivity contribution >= 4 is 10.9 Å². The summed E-state index contributed by atoms with van der Waals surface area (Å²) in [5.74, 6) is 0.537. The third-order valence-electron chi connectivity index (χ3n) is 10.5. The van der Waals surface area contributed by atoms with Gasteiger partial charge in [-0.1, -0.05) is 61.0 Å². The van der Waals surface area contributed by atoms with Gasteiger partial charge in [-0.25, -0.2) is 4.98 Å². The monoisotopic (exact) mass is 658 g/mol. The molecule has 1 atom stereocenters. The van der Waals surface area contributed by atoms with E-state index in [1.807, 2.05) is 43.3 Å². The van der Waals surface area contributed by atoms with Gasteiger partial charge in [-0.2, -0.15) is 13.2 Å². The summed E-state index contributed by atoms with van der Waals surface area (Å²) in [5, 5.41) is 16.6. The van der Waals surface area contributed by atoms with E-state index in [1.165, 1.54) is 31.4 Å². The number of benzene rings is 3. The van der Waals surface area contributed by atoms with Crippen molar-refractivity contribution in [2.45, 2.75) is 82.4 Å². The molecule has 0 bridgehead atoms. The van der Waals surface area contributed by atoms with E-state index in [2.05, 4.69) is 27.2 Å². The number of aliphatic hydroxyl groups is 1. The number of para-hydroxylation sites is 1. The Morgan fingerprint density at radius 2 is 1.67 bits per heavy atom.